The molecule has 0 saturated carbocycles. The predicted octanol–water partition coefficient (Wildman–Crippen LogP) is 5.03. The van der Waals surface area contributed by atoms with E-state index in [1.165, 1.54) is 30.3 Å². The summed E-state index contributed by atoms with van der Waals surface area (Å²) in [5.74, 6) is -1.57. The van der Waals surface area contributed by atoms with Gasteiger partial charge in [-0.25, -0.2) is 0 Å². The zero-order chi connectivity index (χ0) is 25.0. The van der Waals surface area contributed by atoms with E-state index >= 15 is 0 Å². The fourth-order valence-corrected chi connectivity index (χ4v) is 2.82. The third-order valence-electron chi connectivity index (χ3n) is 4.44. The second kappa shape index (κ2) is 9.36. The molecular weight excluding hydrogens is 461 g/mol. The van der Waals surface area contributed by atoms with E-state index in [2.05, 4.69) is 10.6 Å². The molecule has 0 radical (unpaired) electrons. The van der Waals surface area contributed by atoms with E-state index in [-0.39, 0.29) is 22.5 Å². The number of anilines is 2. The average Bonchev–Trinajstić information content (AvgIpc) is 2.78. The molecule has 0 saturated heterocycles. The highest BCUT2D eigenvalue weighted by molar-refractivity contribution is 6.06. The lowest BCUT2D eigenvalue weighted by molar-refractivity contribution is -0.394. The number of benzene rings is 3. The first kappa shape index (κ1) is 23.8. The molecule has 0 aliphatic heterocycles. The summed E-state index contributed by atoms with van der Waals surface area (Å²) in [5.41, 5.74) is -2.36. The first-order valence-corrected chi connectivity index (χ1v) is 9.28. The fraction of sp³-hybridized carbons (Fsp3) is 0.0476. The Hall–Kier alpha value is -4.81. The molecule has 10 nitrogen and oxygen atoms in total. The van der Waals surface area contributed by atoms with Crippen LogP contribution in [-0.2, 0) is 6.18 Å². The molecule has 0 aromatic heterocycles. The molecule has 0 atom stereocenters. The molecule has 0 unspecified atom stereocenters. The molecule has 3 aromatic carbocycles. The minimum atomic E-state index is -4.57. The maximum absolute atomic E-state index is 12.8. The van der Waals surface area contributed by atoms with Gasteiger partial charge in [0.25, 0.3) is 23.2 Å². The molecule has 2 amide bonds. The van der Waals surface area contributed by atoms with E-state index in [1.54, 1.807) is 0 Å². The topological polar surface area (TPSA) is 144 Å². The van der Waals surface area contributed by atoms with Crippen LogP contribution in [0.25, 0.3) is 0 Å². The van der Waals surface area contributed by atoms with E-state index in [0.29, 0.717) is 6.07 Å². The number of carbonyl (C=O) groups excluding carboxylic acids is 2. The van der Waals surface area contributed by atoms with Crippen LogP contribution in [0.15, 0.2) is 66.7 Å². The third kappa shape index (κ3) is 5.70. The van der Waals surface area contributed by atoms with E-state index in [1.807, 2.05) is 0 Å². The van der Waals surface area contributed by atoms with Crippen LogP contribution in [-0.4, -0.2) is 21.7 Å². The lowest BCUT2D eigenvalue weighted by Gasteiger charge is -2.10. The monoisotopic (exact) mass is 474 g/mol. The maximum Gasteiger partial charge on any atom is 0.416 e. The third-order valence-corrected chi connectivity index (χ3v) is 4.44. The van der Waals surface area contributed by atoms with Crippen molar-refractivity contribution >= 4 is 34.6 Å². The quantitative estimate of drug-likeness (QED) is 0.379. The summed E-state index contributed by atoms with van der Waals surface area (Å²) < 4.78 is 38.4. The molecule has 34 heavy (non-hydrogen) atoms. The largest absolute Gasteiger partial charge is 0.416 e. The van der Waals surface area contributed by atoms with Gasteiger partial charge < -0.3 is 10.6 Å². The number of nitrogens with one attached hydrogen (secondary N) is 2. The number of non-ortho nitro benzene ring substituents is 2. The van der Waals surface area contributed by atoms with Crippen LogP contribution < -0.4 is 10.6 Å². The Balaban J connectivity index is 1.73. The van der Waals surface area contributed by atoms with Crippen LogP contribution in [0.3, 0.4) is 0 Å². The van der Waals surface area contributed by atoms with Gasteiger partial charge in [-0.1, -0.05) is 6.07 Å². The van der Waals surface area contributed by atoms with Crippen LogP contribution in [0, 0.1) is 20.2 Å². The number of hydrogen-bond acceptors (Lipinski definition) is 6. The van der Waals surface area contributed by atoms with Gasteiger partial charge in [-0.15, -0.1) is 0 Å². The number of hydrogen-bond donors (Lipinski definition) is 2. The summed E-state index contributed by atoms with van der Waals surface area (Å²) in [7, 11) is 0. The first-order valence-electron chi connectivity index (χ1n) is 9.28. The molecule has 3 rings (SSSR count). The number of rotatable bonds is 6. The van der Waals surface area contributed by atoms with Crippen molar-refractivity contribution in [2.75, 3.05) is 10.6 Å². The number of alkyl halides is 3. The van der Waals surface area contributed by atoms with Crippen molar-refractivity contribution in [1.82, 2.24) is 0 Å². The van der Waals surface area contributed by atoms with Crippen molar-refractivity contribution in [3.05, 3.63) is 104 Å². The van der Waals surface area contributed by atoms with Crippen molar-refractivity contribution in [2.24, 2.45) is 0 Å². The molecule has 174 valence electrons. The van der Waals surface area contributed by atoms with Crippen molar-refractivity contribution in [3.63, 3.8) is 0 Å². The second-order valence-corrected chi connectivity index (χ2v) is 6.82. The number of nitrogens with zero attached hydrogens (tertiary/aromatic N) is 2. The minimum Gasteiger partial charge on any atom is -0.322 e. The molecule has 3 aromatic rings. The molecule has 0 fully saturated rings. The van der Waals surface area contributed by atoms with Gasteiger partial charge in [-0.3, -0.25) is 29.8 Å². The standard InChI is InChI=1S/C21H13F3N4O6/c22-21(23,24)14-2-1-3-16(10-14)26-19(29)12-4-6-15(7-5-12)25-20(30)13-8-17(27(31)32)11-18(9-13)28(33)34/h1-11H,(H,25,30)(H,26,29). The Bertz CT molecular complexity index is 1260. The van der Waals surface area contributed by atoms with Crippen LogP contribution in [0.1, 0.15) is 26.3 Å². The summed E-state index contributed by atoms with van der Waals surface area (Å²) in [5, 5.41) is 26.7. The molecule has 0 aliphatic carbocycles. The SMILES string of the molecule is O=C(Nc1cccc(C(F)(F)F)c1)c1ccc(NC(=O)c2cc([N+](=O)[O-])cc([N+](=O)[O-])c2)cc1. The van der Waals surface area contributed by atoms with Crippen LogP contribution >= 0.6 is 0 Å². The van der Waals surface area contributed by atoms with Gasteiger partial charge in [0, 0.05) is 29.1 Å². The van der Waals surface area contributed by atoms with Crippen molar-refractivity contribution in [2.45, 2.75) is 6.18 Å². The van der Waals surface area contributed by atoms with Gasteiger partial charge in [0.15, 0.2) is 0 Å². The van der Waals surface area contributed by atoms with Gasteiger partial charge in [0.05, 0.1) is 27.0 Å². The smallest absolute Gasteiger partial charge is 0.322 e. The first-order chi connectivity index (χ1) is 15.9. The summed E-state index contributed by atoms with van der Waals surface area (Å²) in [6.07, 6.45) is -4.57. The summed E-state index contributed by atoms with van der Waals surface area (Å²) >= 11 is 0. The van der Waals surface area contributed by atoms with Crippen molar-refractivity contribution in [3.8, 4) is 0 Å². The molecule has 0 bridgehead atoms. The second-order valence-electron chi connectivity index (χ2n) is 6.82. The normalized spacial score (nSPS) is 10.9. The average molecular weight is 474 g/mol. The number of halogens is 3. The van der Waals surface area contributed by atoms with Gasteiger partial charge >= 0.3 is 6.18 Å². The number of nitro groups is 2. The fourth-order valence-electron chi connectivity index (χ4n) is 2.82. The Morgan fingerprint density at radius 1 is 0.706 bits per heavy atom. The number of amides is 2. The van der Waals surface area contributed by atoms with E-state index < -0.39 is 44.8 Å². The molecule has 0 spiro atoms. The summed E-state index contributed by atoms with van der Waals surface area (Å²) in [4.78, 5) is 44.9. The maximum atomic E-state index is 12.8. The van der Waals surface area contributed by atoms with Crippen molar-refractivity contribution < 1.29 is 32.6 Å². The molecule has 2 N–H and O–H groups in total. The lowest BCUT2D eigenvalue weighted by Crippen LogP contribution is -2.14. The van der Waals surface area contributed by atoms with Crippen molar-refractivity contribution in [1.29, 1.82) is 0 Å². The Morgan fingerprint density at radius 2 is 1.24 bits per heavy atom. The Morgan fingerprint density at radius 3 is 1.76 bits per heavy atom. The number of carbonyl (C=O) groups is 2. The lowest BCUT2D eigenvalue weighted by atomic mass is 10.1. The summed E-state index contributed by atoms with van der Waals surface area (Å²) in [6.45, 7) is 0. The van der Waals surface area contributed by atoms with E-state index in [9.17, 15) is 43.0 Å². The van der Waals surface area contributed by atoms with Crippen LogP contribution in [0.5, 0.6) is 0 Å². The zero-order valence-electron chi connectivity index (χ0n) is 16.8. The Kier molecular flexibility index (Phi) is 6.56. The van der Waals surface area contributed by atoms with Gasteiger partial charge in [0.2, 0.25) is 0 Å². The highest BCUT2D eigenvalue weighted by atomic mass is 19.4. The minimum absolute atomic E-state index is 0.0653. The van der Waals surface area contributed by atoms with Crippen LogP contribution in [0.4, 0.5) is 35.9 Å². The van der Waals surface area contributed by atoms with E-state index in [0.717, 1.165) is 30.3 Å². The highest BCUT2D eigenvalue weighted by Crippen LogP contribution is 2.31. The Labute approximate surface area is 188 Å². The predicted molar refractivity (Wildman–Crippen MR) is 114 cm³/mol. The molecule has 13 heteroatoms. The molecule has 0 aliphatic rings. The summed E-state index contributed by atoms with van der Waals surface area (Å²) in [6, 6.07) is 11.7. The van der Waals surface area contributed by atoms with Gasteiger partial charge in [-0.05, 0) is 42.5 Å². The highest BCUT2D eigenvalue weighted by Gasteiger charge is 2.30. The zero-order valence-corrected chi connectivity index (χ0v) is 16.8. The number of nitro benzene ring substituents is 2. The molecule has 0 heterocycles. The molecular formula is C21H13F3N4O6. The van der Waals surface area contributed by atoms with Crippen LogP contribution in [0.2, 0.25) is 0 Å². The van der Waals surface area contributed by atoms with Gasteiger partial charge in [0.1, 0.15) is 0 Å². The van der Waals surface area contributed by atoms with E-state index in [4.69, 9.17) is 0 Å². The van der Waals surface area contributed by atoms with Gasteiger partial charge in [-0.2, -0.15) is 13.2 Å².